The monoisotopic (exact) mass is 669 g/mol. The van der Waals surface area contributed by atoms with Crippen molar-refractivity contribution in [3.05, 3.63) is 89.0 Å². The first-order chi connectivity index (χ1) is 23.0. The van der Waals surface area contributed by atoms with Crippen molar-refractivity contribution in [2.75, 3.05) is 30.1 Å². The second kappa shape index (κ2) is 12.1. The number of β-lactam (4-membered cyclic amide) rings is 1. The van der Waals surface area contributed by atoms with Gasteiger partial charge in [-0.25, -0.2) is 0 Å². The maximum absolute atomic E-state index is 14.9. The normalized spacial score (nSPS) is 26.5. The fourth-order valence-electron chi connectivity index (χ4n) is 8.47. The summed E-state index contributed by atoms with van der Waals surface area (Å²) < 4.78 is 12.5. The highest BCUT2D eigenvalue weighted by Crippen LogP contribution is 2.60. The summed E-state index contributed by atoms with van der Waals surface area (Å²) >= 11 is 0. The summed E-state index contributed by atoms with van der Waals surface area (Å²) in [6, 6.07) is 20.8. The third-order valence-corrected chi connectivity index (χ3v) is 13.4. The maximum atomic E-state index is 14.9. The third-order valence-electron chi connectivity index (χ3n) is 10.9. The van der Waals surface area contributed by atoms with Gasteiger partial charge in [-0.3, -0.25) is 14.4 Å². The zero-order valence-corrected chi connectivity index (χ0v) is 28.9. The number of carbonyl (C=O) groups excluding carboxylic acids is 3. The van der Waals surface area contributed by atoms with E-state index in [1.807, 2.05) is 86.7 Å². The lowest BCUT2D eigenvalue weighted by atomic mass is 9.82. The first-order valence-corrected chi connectivity index (χ1v) is 19.8. The van der Waals surface area contributed by atoms with E-state index in [0.717, 1.165) is 22.4 Å². The van der Waals surface area contributed by atoms with E-state index < -0.39 is 31.5 Å². The maximum Gasteiger partial charge on any atom is 0.264 e. The minimum absolute atomic E-state index is 0.0229. The molecule has 5 atom stereocenters. The van der Waals surface area contributed by atoms with E-state index >= 15 is 0 Å². The summed E-state index contributed by atoms with van der Waals surface area (Å²) in [5.41, 5.74) is 3.31. The minimum atomic E-state index is -3.02. The van der Waals surface area contributed by atoms with Gasteiger partial charge in [0, 0.05) is 42.2 Å². The topological polar surface area (TPSA) is 120 Å². The van der Waals surface area contributed by atoms with Gasteiger partial charge in [0.25, 0.3) is 5.91 Å². The van der Waals surface area contributed by atoms with Crippen LogP contribution in [0.1, 0.15) is 42.0 Å². The van der Waals surface area contributed by atoms with Crippen LogP contribution < -0.4 is 14.5 Å². The standard InChI is InChI=1S/C37H43N3O7Si/c1-23-35(48(3,4)45)32(19-34(43)39-21-26-10-6-5-9-25(26)17-28(39)22-41)47-37(23)30-18-29(46-2)12-13-31(30)40(36(37)44)20-24-8-7-11-27(16-24)38-15-14-33(38)42/h5-13,16,18,23,28,32,35,41,45H,14-15,17,19-22H2,1-4H3/t23-,28+,32+,35-,37+/m1/s1. The average molecular weight is 670 g/mol. The Morgan fingerprint density at radius 2 is 1.83 bits per heavy atom. The molecule has 0 aliphatic carbocycles. The Labute approximate surface area is 282 Å². The fraction of sp³-hybridized carbons (Fsp3) is 0.432. The van der Waals surface area contributed by atoms with Crippen molar-refractivity contribution in [3.8, 4) is 5.75 Å². The zero-order chi connectivity index (χ0) is 34.0. The number of hydrogen-bond donors (Lipinski definition) is 2. The Balaban J connectivity index is 1.23. The second-order valence-electron chi connectivity index (χ2n) is 14.1. The predicted octanol–water partition coefficient (Wildman–Crippen LogP) is 4.11. The van der Waals surface area contributed by atoms with Crippen LogP contribution in [0.3, 0.4) is 0 Å². The molecule has 0 unspecified atom stereocenters. The number of benzene rings is 3. The summed E-state index contributed by atoms with van der Waals surface area (Å²) in [4.78, 5) is 58.1. The molecule has 4 heterocycles. The van der Waals surface area contributed by atoms with Gasteiger partial charge in [-0.05, 0) is 66.5 Å². The van der Waals surface area contributed by atoms with Crippen LogP contribution in [0.25, 0.3) is 0 Å². The summed E-state index contributed by atoms with van der Waals surface area (Å²) in [7, 11) is -1.44. The van der Waals surface area contributed by atoms with Crippen LogP contribution in [0.2, 0.25) is 18.6 Å². The number of hydrogen-bond acceptors (Lipinski definition) is 7. The van der Waals surface area contributed by atoms with Crippen LogP contribution in [-0.4, -0.2) is 73.2 Å². The van der Waals surface area contributed by atoms with Gasteiger partial charge in [0.1, 0.15) is 5.75 Å². The molecule has 1 spiro atoms. The highest BCUT2D eigenvalue weighted by Gasteiger charge is 2.66. The van der Waals surface area contributed by atoms with E-state index in [1.54, 1.807) is 21.8 Å². The van der Waals surface area contributed by atoms with E-state index in [1.165, 1.54) is 0 Å². The summed E-state index contributed by atoms with van der Waals surface area (Å²) in [5.74, 6) is -0.221. The number of aliphatic hydroxyl groups is 1. The minimum Gasteiger partial charge on any atom is -0.497 e. The van der Waals surface area contributed by atoms with Crippen LogP contribution in [0.5, 0.6) is 5.75 Å². The number of aliphatic hydroxyl groups excluding tert-OH is 1. The Morgan fingerprint density at radius 3 is 2.50 bits per heavy atom. The van der Waals surface area contributed by atoms with Crippen LogP contribution in [0, 0.1) is 5.92 Å². The van der Waals surface area contributed by atoms with Crippen LogP contribution in [-0.2, 0) is 44.2 Å². The number of carbonyl (C=O) groups is 3. The number of fused-ring (bicyclic) bond motifs is 3. The van der Waals surface area contributed by atoms with Crippen molar-refractivity contribution in [1.29, 1.82) is 0 Å². The van der Waals surface area contributed by atoms with Crippen molar-refractivity contribution in [2.45, 2.75) is 75.7 Å². The molecule has 0 aromatic heterocycles. The molecular formula is C37H43N3O7Si. The number of anilines is 2. The molecule has 3 aromatic rings. The Kier molecular flexibility index (Phi) is 8.22. The molecule has 0 radical (unpaired) electrons. The molecule has 0 saturated carbocycles. The Hall–Kier alpha value is -4.03. The molecule has 3 aromatic carbocycles. The first-order valence-electron chi connectivity index (χ1n) is 16.7. The van der Waals surface area contributed by atoms with Crippen LogP contribution in [0.4, 0.5) is 11.4 Å². The Morgan fingerprint density at radius 1 is 1.06 bits per heavy atom. The molecule has 2 fully saturated rings. The van der Waals surface area contributed by atoms with Gasteiger partial charge >= 0.3 is 0 Å². The van der Waals surface area contributed by atoms with Crippen LogP contribution in [0.15, 0.2) is 66.7 Å². The van der Waals surface area contributed by atoms with E-state index in [9.17, 15) is 24.3 Å². The fourth-order valence-corrected chi connectivity index (χ4v) is 11.0. The molecule has 7 rings (SSSR count). The average Bonchev–Trinajstić information content (AvgIpc) is 3.49. The number of rotatable bonds is 8. The summed E-state index contributed by atoms with van der Waals surface area (Å²) in [6.07, 6.45) is 0.342. The molecule has 2 saturated heterocycles. The highest BCUT2D eigenvalue weighted by atomic mass is 28.4. The van der Waals surface area contributed by atoms with E-state index in [4.69, 9.17) is 9.47 Å². The van der Waals surface area contributed by atoms with E-state index in [0.29, 0.717) is 42.9 Å². The summed E-state index contributed by atoms with van der Waals surface area (Å²) in [6.45, 7) is 6.78. The number of methoxy groups -OCH3 is 1. The molecular weight excluding hydrogens is 627 g/mol. The van der Waals surface area contributed by atoms with E-state index in [2.05, 4.69) is 0 Å². The SMILES string of the molecule is COc1ccc2c(c1)[C@]1(O[C@@H](CC(=O)N3Cc4ccccc4C[C@H]3CO)[C@H]([Si](C)(C)O)[C@H]1C)C(=O)N2Cc1cccc(N2CCC2=O)c1. The molecule has 4 aliphatic rings. The molecule has 3 amide bonds. The Bertz CT molecular complexity index is 1780. The van der Waals surface area contributed by atoms with Gasteiger partial charge in [-0.2, -0.15) is 0 Å². The largest absolute Gasteiger partial charge is 0.497 e. The first kappa shape index (κ1) is 32.5. The smallest absolute Gasteiger partial charge is 0.264 e. The molecule has 10 nitrogen and oxygen atoms in total. The quantitative estimate of drug-likeness (QED) is 0.274. The highest BCUT2D eigenvalue weighted by molar-refractivity contribution is 6.71. The molecule has 11 heteroatoms. The van der Waals surface area contributed by atoms with Crippen molar-refractivity contribution >= 4 is 37.4 Å². The second-order valence-corrected chi connectivity index (χ2v) is 18.1. The molecule has 252 valence electrons. The lowest BCUT2D eigenvalue weighted by Gasteiger charge is -2.37. The lowest BCUT2D eigenvalue weighted by molar-refractivity contribution is -0.151. The van der Waals surface area contributed by atoms with Crippen molar-refractivity contribution in [1.82, 2.24) is 4.90 Å². The molecule has 48 heavy (non-hydrogen) atoms. The number of amides is 3. The van der Waals surface area contributed by atoms with Crippen molar-refractivity contribution in [3.63, 3.8) is 0 Å². The predicted molar refractivity (Wildman–Crippen MR) is 183 cm³/mol. The third kappa shape index (κ3) is 5.24. The number of ether oxygens (including phenoxy) is 2. The number of nitrogens with zero attached hydrogens (tertiary/aromatic N) is 3. The van der Waals surface area contributed by atoms with Gasteiger partial charge in [-0.15, -0.1) is 0 Å². The molecule has 2 N–H and O–H groups in total. The van der Waals surface area contributed by atoms with Gasteiger partial charge in [0.05, 0.1) is 44.5 Å². The van der Waals surface area contributed by atoms with E-state index in [-0.39, 0.29) is 43.3 Å². The molecule has 4 aliphatic heterocycles. The lowest BCUT2D eigenvalue weighted by Crippen LogP contribution is -2.48. The van der Waals surface area contributed by atoms with Gasteiger partial charge < -0.3 is 34.1 Å². The zero-order valence-electron chi connectivity index (χ0n) is 27.9. The van der Waals surface area contributed by atoms with Crippen LogP contribution >= 0.6 is 0 Å². The van der Waals surface area contributed by atoms with Crippen molar-refractivity contribution < 1.29 is 33.8 Å². The summed E-state index contributed by atoms with van der Waals surface area (Å²) in [5, 5.41) is 10.3. The van der Waals surface area contributed by atoms with Gasteiger partial charge in [-0.1, -0.05) is 43.3 Å². The van der Waals surface area contributed by atoms with Gasteiger partial charge in [0.15, 0.2) is 13.9 Å². The molecule has 0 bridgehead atoms. The van der Waals surface area contributed by atoms with Crippen molar-refractivity contribution in [2.24, 2.45) is 5.92 Å². The van der Waals surface area contributed by atoms with Gasteiger partial charge in [0.2, 0.25) is 11.8 Å².